The molecule has 2 aromatic rings. The number of ether oxygens (including phenoxy) is 1. The second kappa shape index (κ2) is 4.78. The average molecular weight is 266 g/mol. The molecule has 0 fully saturated rings. The van der Waals surface area contributed by atoms with E-state index in [1.54, 1.807) is 16.8 Å². The Morgan fingerprint density at radius 1 is 1.44 bits per heavy atom. The summed E-state index contributed by atoms with van der Waals surface area (Å²) in [7, 11) is 1.34. The summed E-state index contributed by atoms with van der Waals surface area (Å²) in [6.07, 6.45) is 1.53. The van der Waals surface area contributed by atoms with Crippen LogP contribution in [0.25, 0.3) is 5.82 Å². The van der Waals surface area contributed by atoms with E-state index in [1.165, 1.54) is 13.3 Å². The van der Waals surface area contributed by atoms with Crippen molar-refractivity contribution >= 4 is 17.6 Å². The molecule has 94 valence electrons. The smallest absolute Gasteiger partial charge is 0.338 e. The predicted molar refractivity (Wildman–Crippen MR) is 67.2 cm³/mol. The van der Waals surface area contributed by atoms with Crippen LogP contribution in [0.15, 0.2) is 18.3 Å². The van der Waals surface area contributed by atoms with E-state index < -0.39 is 5.97 Å². The second-order valence-corrected chi connectivity index (χ2v) is 4.17. The maximum absolute atomic E-state index is 11.4. The molecule has 0 bridgehead atoms. The van der Waals surface area contributed by atoms with Crippen LogP contribution in [0.4, 0.5) is 0 Å². The Hall–Kier alpha value is -1.88. The fourth-order valence-electron chi connectivity index (χ4n) is 1.63. The third-order valence-electron chi connectivity index (χ3n) is 2.59. The van der Waals surface area contributed by atoms with Crippen LogP contribution in [-0.4, -0.2) is 27.8 Å². The first-order valence-corrected chi connectivity index (χ1v) is 5.69. The monoisotopic (exact) mass is 265 g/mol. The zero-order valence-corrected chi connectivity index (χ0v) is 11.0. The topological polar surface area (TPSA) is 57.0 Å². The summed E-state index contributed by atoms with van der Waals surface area (Å²) in [5.74, 6) is 0.122. The van der Waals surface area contributed by atoms with Crippen molar-refractivity contribution in [2.75, 3.05) is 7.11 Å². The number of pyridine rings is 1. The fraction of sp³-hybridized carbons (Fsp3) is 0.250. The van der Waals surface area contributed by atoms with E-state index in [1.807, 2.05) is 13.8 Å². The normalized spacial score (nSPS) is 10.4. The molecular formula is C12H12ClN3O2. The van der Waals surface area contributed by atoms with Crippen molar-refractivity contribution in [3.63, 3.8) is 0 Å². The summed E-state index contributed by atoms with van der Waals surface area (Å²) in [6, 6.07) is 3.20. The highest BCUT2D eigenvalue weighted by atomic mass is 35.5. The number of halogens is 1. The molecule has 0 spiro atoms. The van der Waals surface area contributed by atoms with E-state index in [0.29, 0.717) is 16.4 Å². The second-order valence-electron chi connectivity index (χ2n) is 3.79. The molecule has 2 rings (SSSR count). The van der Waals surface area contributed by atoms with E-state index in [2.05, 4.69) is 14.8 Å². The minimum Gasteiger partial charge on any atom is -0.465 e. The van der Waals surface area contributed by atoms with Crippen LogP contribution < -0.4 is 0 Å². The van der Waals surface area contributed by atoms with E-state index in [4.69, 9.17) is 11.6 Å². The molecule has 0 saturated carbocycles. The van der Waals surface area contributed by atoms with Gasteiger partial charge in [0.25, 0.3) is 0 Å². The molecule has 0 aliphatic heterocycles. The molecule has 0 saturated heterocycles. The number of aryl methyl sites for hydroxylation is 1. The molecule has 0 aromatic carbocycles. The average Bonchev–Trinajstić information content (AvgIpc) is 2.66. The maximum atomic E-state index is 11.4. The van der Waals surface area contributed by atoms with Gasteiger partial charge in [0.2, 0.25) is 0 Å². The first-order chi connectivity index (χ1) is 8.54. The molecule has 0 unspecified atom stereocenters. The number of aromatic nitrogens is 3. The zero-order valence-electron chi connectivity index (χ0n) is 10.3. The first-order valence-electron chi connectivity index (χ1n) is 5.31. The Labute approximate surface area is 109 Å². The summed E-state index contributed by atoms with van der Waals surface area (Å²) >= 11 is 6.08. The van der Waals surface area contributed by atoms with Crippen molar-refractivity contribution in [1.82, 2.24) is 14.8 Å². The molecule has 5 nitrogen and oxygen atoms in total. The summed E-state index contributed by atoms with van der Waals surface area (Å²) in [5.41, 5.74) is 1.93. The van der Waals surface area contributed by atoms with Gasteiger partial charge in [0, 0.05) is 6.20 Å². The molecule has 0 radical (unpaired) electrons. The lowest BCUT2D eigenvalue weighted by Crippen LogP contribution is -2.06. The summed E-state index contributed by atoms with van der Waals surface area (Å²) in [6.45, 7) is 3.66. The van der Waals surface area contributed by atoms with Crippen LogP contribution in [0.5, 0.6) is 0 Å². The third-order valence-corrected chi connectivity index (χ3v) is 3.13. The van der Waals surface area contributed by atoms with E-state index >= 15 is 0 Å². The lowest BCUT2D eigenvalue weighted by molar-refractivity contribution is 0.0600. The van der Waals surface area contributed by atoms with Crippen molar-refractivity contribution in [3.05, 3.63) is 40.3 Å². The summed E-state index contributed by atoms with van der Waals surface area (Å²) < 4.78 is 6.27. The molecule has 18 heavy (non-hydrogen) atoms. The van der Waals surface area contributed by atoms with Gasteiger partial charge >= 0.3 is 5.97 Å². The van der Waals surface area contributed by atoms with E-state index in [9.17, 15) is 4.79 Å². The molecule has 2 heterocycles. The van der Waals surface area contributed by atoms with Crippen LogP contribution >= 0.6 is 11.6 Å². The number of carbonyl (C=O) groups is 1. The maximum Gasteiger partial charge on any atom is 0.338 e. The largest absolute Gasteiger partial charge is 0.465 e. The molecule has 0 amide bonds. The molecule has 2 aromatic heterocycles. The molecule has 0 aliphatic rings. The predicted octanol–water partition coefficient (Wildman–Crippen LogP) is 2.32. The van der Waals surface area contributed by atoms with Gasteiger partial charge in [-0.25, -0.2) is 14.5 Å². The minimum absolute atomic E-state index is 0.411. The van der Waals surface area contributed by atoms with Gasteiger partial charge in [-0.15, -0.1) is 0 Å². The van der Waals surface area contributed by atoms with Crippen LogP contribution in [0, 0.1) is 13.8 Å². The van der Waals surface area contributed by atoms with Gasteiger partial charge in [-0.1, -0.05) is 11.6 Å². The number of esters is 1. The number of hydrogen-bond donors (Lipinski definition) is 0. The van der Waals surface area contributed by atoms with Crippen molar-refractivity contribution in [2.45, 2.75) is 13.8 Å². The lowest BCUT2D eigenvalue weighted by Gasteiger charge is -2.05. The van der Waals surface area contributed by atoms with E-state index in [-0.39, 0.29) is 0 Å². The number of methoxy groups -OCH3 is 1. The quantitative estimate of drug-likeness (QED) is 0.782. The number of hydrogen-bond acceptors (Lipinski definition) is 4. The van der Waals surface area contributed by atoms with E-state index in [0.717, 1.165) is 11.4 Å². The van der Waals surface area contributed by atoms with Crippen LogP contribution in [0.2, 0.25) is 5.02 Å². The number of rotatable bonds is 2. The van der Waals surface area contributed by atoms with Gasteiger partial charge in [0.1, 0.15) is 0 Å². The Kier molecular flexibility index (Phi) is 3.34. The summed E-state index contributed by atoms with van der Waals surface area (Å²) in [5, 5.41) is 4.87. The third kappa shape index (κ3) is 2.09. The van der Waals surface area contributed by atoms with Crippen LogP contribution in [0.1, 0.15) is 21.7 Å². The van der Waals surface area contributed by atoms with Crippen LogP contribution in [-0.2, 0) is 4.74 Å². The fourth-order valence-corrected chi connectivity index (χ4v) is 1.74. The highest BCUT2D eigenvalue weighted by Gasteiger charge is 2.13. The SMILES string of the molecule is COC(=O)c1ccnc(-n2nc(C)c(Cl)c2C)c1. The Balaban J connectivity index is 2.51. The molecule has 0 aliphatic carbocycles. The highest BCUT2D eigenvalue weighted by Crippen LogP contribution is 2.21. The van der Waals surface area contributed by atoms with Gasteiger partial charge in [-0.2, -0.15) is 5.10 Å². The van der Waals surface area contributed by atoms with Gasteiger partial charge in [-0.3, -0.25) is 0 Å². The first kappa shape index (κ1) is 12.6. The Morgan fingerprint density at radius 2 is 2.17 bits per heavy atom. The van der Waals surface area contributed by atoms with Gasteiger partial charge in [-0.05, 0) is 26.0 Å². The molecule has 0 N–H and O–H groups in total. The van der Waals surface area contributed by atoms with Crippen molar-refractivity contribution in [2.24, 2.45) is 0 Å². The summed E-state index contributed by atoms with van der Waals surface area (Å²) in [4.78, 5) is 15.6. The van der Waals surface area contributed by atoms with Crippen LogP contribution in [0.3, 0.4) is 0 Å². The van der Waals surface area contributed by atoms with Gasteiger partial charge in [0.05, 0.1) is 29.1 Å². The molecule has 6 heteroatoms. The zero-order chi connectivity index (χ0) is 13.3. The Bertz CT molecular complexity index is 607. The minimum atomic E-state index is -0.411. The van der Waals surface area contributed by atoms with Crippen molar-refractivity contribution < 1.29 is 9.53 Å². The van der Waals surface area contributed by atoms with Gasteiger partial charge in [0.15, 0.2) is 5.82 Å². The van der Waals surface area contributed by atoms with Crippen molar-refractivity contribution in [1.29, 1.82) is 0 Å². The number of carbonyl (C=O) groups excluding carboxylic acids is 1. The number of nitrogens with zero attached hydrogens (tertiary/aromatic N) is 3. The Morgan fingerprint density at radius 3 is 2.72 bits per heavy atom. The van der Waals surface area contributed by atoms with Gasteiger partial charge < -0.3 is 4.74 Å². The molecule has 0 atom stereocenters. The van der Waals surface area contributed by atoms with Crippen molar-refractivity contribution in [3.8, 4) is 5.82 Å². The highest BCUT2D eigenvalue weighted by molar-refractivity contribution is 6.31. The standard InChI is InChI=1S/C12H12ClN3O2/c1-7-11(13)8(2)16(15-7)10-6-9(4-5-14-10)12(17)18-3/h4-6H,1-3H3. The molecular weight excluding hydrogens is 254 g/mol. The lowest BCUT2D eigenvalue weighted by atomic mass is 10.2.